The van der Waals surface area contributed by atoms with Gasteiger partial charge in [0.15, 0.2) is 5.11 Å². The van der Waals surface area contributed by atoms with Gasteiger partial charge in [0.05, 0.1) is 6.42 Å². The molecule has 0 aromatic heterocycles. The van der Waals surface area contributed by atoms with Gasteiger partial charge >= 0.3 is 5.97 Å². The van der Waals surface area contributed by atoms with Gasteiger partial charge < -0.3 is 16.2 Å². The zero-order chi connectivity index (χ0) is 11.4. The van der Waals surface area contributed by atoms with Crippen molar-refractivity contribution in [2.75, 3.05) is 5.32 Å². The number of carbonyl (C=O) groups is 1. The first-order valence-electron chi connectivity index (χ1n) is 4.37. The lowest BCUT2D eigenvalue weighted by Gasteiger charge is -2.10. The summed E-state index contributed by atoms with van der Waals surface area (Å²) in [5, 5.41) is 11.6. The van der Waals surface area contributed by atoms with Crippen LogP contribution < -0.4 is 11.1 Å². The molecule has 0 aliphatic carbocycles. The fourth-order valence-corrected chi connectivity index (χ4v) is 1.40. The third-order valence-corrected chi connectivity index (χ3v) is 1.96. The first kappa shape index (κ1) is 11.5. The van der Waals surface area contributed by atoms with E-state index in [1.165, 1.54) is 0 Å². The van der Waals surface area contributed by atoms with E-state index in [-0.39, 0.29) is 11.5 Å². The van der Waals surface area contributed by atoms with E-state index >= 15 is 0 Å². The van der Waals surface area contributed by atoms with Gasteiger partial charge in [0.25, 0.3) is 0 Å². The van der Waals surface area contributed by atoms with Crippen LogP contribution >= 0.6 is 12.2 Å². The molecule has 0 fully saturated rings. The van der Waals surface area contributed by atoms with E-state index < -0.39 is 5.97 Å². The zero-order valence-corrected chi connectivity index (χ0v) is 9.10. The van der Waals surface area contributed by atoms with Gasteiger partial charge in [-0.15, -0.1) is 0 Å². The fourth-order valence-electron chi connectivity index (χ4n) is 1.29. The molecule has 0 radical (unpaired) electrons. The fraction of sp³-hybridized carbons (Fsp3) is 0.200. The molecule has 0 saturated heterocycles. The van der Waals surface area contributed by atoms with Gasteiger partial charge in [-0.2, -0.15) is 0 Å². The van der Waals surface area contributed by atoms with Gasteiger partial charge in [-0.3, -0.25) is 4.79 Å². The zero-order valence-electron chi connectivity index (χ0n) is 8.28. The summed E-state index contributed by atoms with van der Waals surface area (Å²) in [6.45, 7) is 1.90. The third kappa shape index (κ3) is 3.55. The maximum atomic E-state index is 10.6. The number of nitrogens with one attached hydrogen (secondary N) is 1. The summed E-state index contributed by atoms with van der Waals surface area (Å²) in [7, 11) is 0. The van der Waals surface area contributed by atoms with Gasteiger partial charge in [-0.05, 0) is 30.8 Å². The number of hydrogen-bond donors (Lipinski definition) is 3. The Balaban J connectivity index is 3.02. The minimum absolute atomic E-state index is 0.0490. The van der Waals surface area contributed by atoms with Crippen LogP contribution in [0.5, 0.6) is 0 Å². The maximum absolute atomic E-state index is 10.6. The number of aliphatic carboxylic acids is 1. The quantitative estimate of drug-likeness (QED) is 0.674. The summed E-state index contributed by atoms with van der Waals surface area (Å²) in [5.74, 6) is -0.883. The average Bonchev–Trinajstić information content (AvgIpc) is 2.08. The van der Waals surface area contributed by atoms with Crippen molar-refractivity contribution >= 4 is 29.0 Å². The molecule has 1 aromatic carbocycles. The first-order valence-corrected chi connectivity index (χ1v) is 4.77. The van der Waals surface area contributed by atoms with Crippen LogP contribution in [0.4, 0.5) is 5.69 Å². The van der Waals surface area contributed by atoms with Crippen molar-refractivity contribution in [2.45, 2.75) is 13.3 Å². The minimum atomic E-state index is -0.883. The molecule has 0 unspecified atom stereocenters. The normalized spacial score (nSPS) is 9.67. The second-order valence-corrected chi connectivity index (χ2v) is 3.66. The van der Waals surface area contributed by atoms with Crippen molar-refractivity contribution in [1.29, 1.82) is 0 Å². The molecule has 0 spiro atoms. The topological polar surface area (TPSA) is 75.3 Å². The number of thiocarbonyl (C=S) groups is 1. The average molecular weight is 224 g/mol. The van der Waals surface area contributed by atoms with E-state index in [0.717, 1.165) is 5.56 Å². The Hall–Kier alpha value is -1.62. The number of carboxylic acids is 1. The van der Waals surface area contributed by atoms with E-state index in [4.69, 9.17) is 23.1 Å². The molecule has 4 N–H and O–H groups in total. The van der Waals surface area contributed by atoms with Crippen molar-refractivity contribution in [3.05, 3.63) is 29.3 Å². The minimum Gasteiger partial charge on any atom is -0.481 e. The van der Waals surface area contributed by atoms with Gasteiger partial charge in [0, 0.05) is 5.69 Å². The maximum Gasteiger partial charge on any atom is 0.307 e. The highest BCUT2D eigenvalue weighted by atomic mass is 32.1. The van der Waals surface area contributed by atoms with Crippen LogP contribution in [0.3, 0.4) is 0 Å². The summed E-state index contributed by atoms with van der Waals surface area (Å²) >= 11 is 4.70. The highest BCUT2D eigenvalue weighted by molar-refractivity contribution is 7.80. The molecule has 1 rings (SSSR count). The van der Waals surface area contributed by atoms with Gasteiger partial charge in [-0.1, -0.05) is 17.7 Å². The van der Waals surface area contributed by atoms with Crippen molar-refractivity contribution in [1.82, 2.24) is 0 Å². The Kier molecular flexibility index (Phi) is 3.62. The Morgan fingerprint density at radius 2 is 2.27 bits per heavy atom. The van der Waals surface area contributed by atoms with Crippen LogP contribution in [-0.4, -0.2) is 16.2 Å². The SMILES string of the molecule is Cc1ccc(NC(N)=S)c(CC(=O)O)c1. The van der Waals surface area contributed by atoms with Crippen LogP contribution in [0.1, 0.15) is 11.1 Å². The monoisotopic (exact) mass is 224 g/mol. The molecule has 0 saturated carbocycles. The van der Waals surface area contributed by atoms with Crippen LogP contribution in [0.2, 0.25) is 0 Å². The van der Waals surface area contributed by atoms with Gasteiger partial charge in [0.2, 0.25) is 0 Å². The van der Waals surface area contributed by atoms with Crippen LogP contribution in [0.25, 0.3) is 0 Å². The van der Waals surface area contributed by atoms with E-state index in [2.05, 4.69) is 5.32 Å². The third-order valence-electron chi connectivity index (χ3n) is 1.86. The molecule has 5 heteroatoms. The molecular weight excluding hydrogens is 212 g/mol. The van der Waals surface area contributed by atoms with E-state index in [1.807, 2.05) is 13.0 Å². The number of aryl methyl sites for hydroxylation is 1. The lowest BCUT2D eigenvalue weighted by Crippen LogP contribution is -2.20. The molecular formula is C10H12N2O2S. The highest BCUT2D eigenvalue weighted by Gasteiger charge is 2.07. The van der Waals surface area contributed by atoms with Crippen LogP contribution in [-0.2, 0) is 11.2 Å². The number of rotatable bonds is 3. The molecule has 0 aliphatic rings. The molecule has 80 valence electrons. The molecule has 15 heavy (non-hydrogen) atoms. The summed E-state index contributed by atoms with van der Waals surface area (Å²) < 4.78 is 0. The van der Waals surface area contributed by atoms with Gasteiger partial charge in [-0.25, -0.2) is 0 Å². The highest BCUT2D eigenvalue weighted by Crippen LogP contribution is 2.17. The molecule has 1 aromatic rings. The molecule has 4 nitrogen and oxygen atoms in total. The van der Waals surface area contributed by atoms with Crippen molar-refractivity contribution in [3.63, 3.8) is 0 Å². The largest absolute Gasteiger partial charge is 0.481 e. The summed E-state index contributed by atoms with van der Waals surface area (Å²) in [6.07, 6.45) is -0.0490. The smallest absolute Gasteiger partial charge is 0.307 e. The Bertz CT molecular complexity index is 404. The number of benzene rings is 1. The van der Waals surface area contributed by atoms with E-state index in [0.29, 0.717) is 11.3 Å². The number of carboxylic acid groups (broad SMARTS) is 1. The Morgan fingerprint density at radius 3 is 2.80 bits per heavy atom. The number of hydrogen-bond acceptors (Lipinski definition) is 2. The van der Waals surface area contributed by atoms with Crippen LogP contribution in [0, 0.1) is 6.92 Å². The summed E-state index contributed by atoms with van der Waals surface area (Å²) in [6, 6.07) is 5.44. The predicted molar refractivity (Wildman–Crippen MR) is 62.9 cm³/mol. The standard InChI is InChI=1S/C10H12N2O2S/c1-6-2-3-8(12-10(11)15)7(4-6)5-9(13)14/h2-4H,5H2,1H3,(H,13,14)(H3,11,12,15). The predicted octanol–water partition coefficient (Wildman–Crippen LogP) is 1.28. The molecule has 0 atom stereocenters. The van der Waals surface area contributed by atoms with Crippen LogP contribution in [0.15, 0.2) is 18.2 Å². The summed E-state index contributed by atoms with van der Waals surface area (Å²) in [5.41, 5.74) is 7.66. The van der Waals surface area contributed by atoms with Crippen molar-refractivity contribution in [3.8, 4) is 0 Å². The number of anilines is 1. The summed E-state index contributed by atoms with van der Waals surface area (Å²) in [4.78, 5) is 10.6. The van der Waals surface area contributed by atoms with E-state index in [9.17, 15) is 4.79 Å². The lowest BCUT2D eigenvalue weighted by atomic mass is 10.1. The van der Waals surface area contributed by atoms with Gasteiger partial charge in [0.1, 0.15) is 0 Å². The molecule has 0 heterocycles. The molecule has 0 bridgehead atoms. The van der Waals surface area contributed by atoms with Crippen molar-refractivity contribution < 1.29 is 9.90 Å². The Morgan fingerprint density at radius 1 is 1.60 bits per heavy atom. The lowest BCUT2D eigenvalue weighted by molar-refractivity contribution is -0.136. The molecule has 0 aliphatic heterocycles. The number of nitrogens with two attached hydrogens (primary N) is 1. The molecule has 0 amide bonds. The second kappa shape index (κ2) is 4.75. The second-order valence-electron chi connectivity index (χ2n) is 3.22. The first-order chi connectivity index (χ1) is 6.99. The van der Waals surface area contributed by atoms with Crippen molar-refractivity contribution in [2.24, 2.45) is 5.73 Å². The Labute approximate surface area is 93.1 Å². The van der Waals surface area contributed by atoms with E-state index in [1.54, 1.807) is 12.1 Å².